The zero-order valence-corrected chi connectivity index (χ0v) is 15.3. The molecule has 7 heteroatoms. The van der Waals surface area contributed by atoms with E-state index < -0.39 is 0 Å². The van der Waals surface area contributed by atoms with Crippen LogP contribution in [0.2, 0.25) is 0 Å². The Balaban J connectivity index is 1.58. The summed E-state index contributed by atoms with van der Waals surface area (Å²) < 4.78 is 2.03. The predicted molar refractivity (Wildman–Crippen MR) is 101 cm³/mol. The van der Waals surface area contributed by atoms with Gasteiger partial charge in [0.15, 0.2) is 0 Å². The molecule has 0 saturated carbocycles. The van der Waals surface area contributed by atoms with Crippen molar-refractivity contribution in [2.45, 2.75) is 46.2 Å². The lowest BCUT2D eigenvalue weighted by Crippen LogP contribution is -2.29. The summed E-state index contributed by atoms with van der Waals surface area (Å²) in [5.41, 5.74) is 2.59. The smallest absolute Gasteiger partial charge is 0.319 e. The number of hydrogen-bond donors (Lipinski definition) is 2. The second-order valence-corrected chi connectivity index (χ2v) is 6.49. The largest absolute Gasteiger partial charge is 0.333 e. The molecule has 7 nitrogen and oxygen atoms in total. The minimum atomic E-state index is -0.277. The highest BCUT2D eigenvalue weighted by atomic mass is 16.2. The molecule has 1 aromatic heterocycles. The van der Waals surface area contributed by atoms with E-state index in [-0.39, 0.29) is 11.9 Å². The van der Waals surface area contributed by atoms with E-state index in [0.29, 0.717) is 18.7 Å². The van der Waals surface area contributed by atoms with Gasteiger partial charge in [0.25, 0.3) is 0 Å². The molecule has 1 fully saturated rings. The summed E-state index contributed by atoms with van der Waals surface area (Å²) in [5, 5.41) is 5.67. The molecule has 0 aliphatic carbocycles. The van der Waals surface area contributed by atoms with Gasteiger partial charge in [-0.15, -0.1) is 0 Å². The van der Waals surface area contributed by atoms with Gasteiger partial charge in [-0.1, -0.05) is 6.92 Å². The molecule has 3 rings (SSSR count). The number of anilines is 2. The lowest BCUT2D eigenvalue weighted by molar-refractivity contribution is -0.117. The van der Waals surface area contributed by atoms with Crippen LogP contribution in [0.5, 0.6) is 0 Å². The van der Waals surface area contributed by atoms with Gasteiger partial charge in [-0.2, -0.15) is 0 Å². The van der Waals surface area contributed by atoms with Crippen molar-refractivity contribution in [3.8, 4) is 0 Å². The SMILES string of the molecule is CCCn1ccnc1CNC(=O)Nc1ccc(N2CCCC2=O)c(C)c1. The molecule has 2 aromatic rings. The molecule has 1 aliphatic rings. The molecule has 0 unspecified atom stereocenters. The third-order valence-corrected chi connectivity index (χ3v) is 4.49. The van der Waals surface area contributed by atoms with Crippen molar-refractivity contribution in [1.29, 1.82) is 0 Å². The van der Waals surface area contributed by atoms with E-state index in [1.165, 1.54) is 0 Å². The quantitative estimate of drug-likeness (QED) is 0.836. The Labute approximate surface area is 153 Å². The Hall–Kier alpha value is -2.83. The highest BCUT2D eigenvalue weighted by Crippen LogP contribution is 2.27. The normalized spacial score (nSPS) is 13.9. The number of imidazole rings is 1. The topological polar surface area (TPSA) is 79.3 Å². The average molecular weight is 355 g/mol. The first-order chi connectivity index (χ1) is 12.6. The van der Waals surface area contributed by atoms with Gasteiger partial charge >= 0.3 is 6.03 Å². The average Bonchev–Trinajstić information content (AvgIpc) is 3.23. The molecule has 138 valence electrons. The number of nitrogens with one attached hydrogen (secondary N) is 2. The van der Waals surface area contributed by atoms with E-state index in [1.54, 1.807) is 6.20 Å². The monoisotopic (exact) mass is 355 g/mol. The van der Waals surface area contributed by atoms with E-state index in [9.17, 15) is 9.59 Å². The zero-order valence-electron chi connectivity index (χ0n) is 15.3. The minimum absolute atomic E-state index is 0.161. The van der Waals surface area contributed by atoms with Crippen LogP contribution in [0.25, 0.3) is 0 Å². The number of aromatic nitrogens is 2. The molecule has 2 N–H and O–H groups in total. The molecule has 1 aliphatic heterocycles. The second kappa shape index (κ2) is 8.03. The third kappa shape index (κ3) is 4.04. The summed E-state index contributed by atoms with van der Waals surface area (Å²) in [4.78, 5) is 30.1. The Bertz CT molecular complexity index is 799. The van der Waals surface area contributed by atoms with E-state index >= 15 is 0 Å². The van der Waals surface area contributed by atoms with Crippen LogP contribution in [0.15, 0.2) is 30.6 Å². The van der Waals surface area contributed by atoms with Crippen molar-refractivity contribution in [1.82, 2.24) is 14.9 Å². The molecule has 0 spiro atoms. The number of rotatable bonds is 6. The number of benzene rings is 1. The van der Waals surface area contributed by atoms with Gasteiger partial charge in [-0.05, 0) is 43.5 Å². The molecular weight excluding hydrogens is 330 g/mol. The number of urea groups is 1. The van der Waals surface area contributed by atoms with Gasteiger partial charge in [-0.25, -0.2) is 9.78 Å². The van der Waals surface area contributed by atoms with Gasteiger partial charge in [0, 0.05) is 43.3 Å². The number of carbonyl (C=O) groups excluding carboxylic acids is 2. The summed E-state index contributed by atoms with van der Waals surface area (Å²) in [5.74, 6) is 0.996. The maximum Gasteiger partial charge on any atom is 0.319 e. The standard InChI is InChI=1S/C19H25N5O2/c1-3-9-23-11-8-20-17(23)13-21-19(26)22-15-6-7-16(14(2)12-15)24-10-4-5-18(24)25/h6-8,11-12H,3-5,9-10,13H2,1-2H3,(H2,21,22,26). The second-order valence-electron chi connectivity index (χ2n) is 6.49. The van der Waals surface area contributed by atoms with Crippen molar-refractivity contribution >= 4 is 23.3 Å². The van der Waals surface area contributed by atoms with E-state index in [4.69, 9.17) is 0 Å². The van der Waals surface area contributed by atoms with E-state index in [1.807, 2.05) is 40.8 Å². The number of hydrogen-bond acceptors (Lipinski definition) is 3. The molecule has 26 heavy (non-hydrogen) atoms. The fourth-order valence-electron chi connectivity index (χ4n) is 3.23. The molecule has 1 saturated heterocycles. The van der Waals surface area contributed by atoms with Crippen LogP contribution in [0.3, 0.4) is 0 Å². The highest BCUT2D eigenvalue weighted by Gasteiger charge is 2.23. The molecule has 0 bridgehead atoms. The zero-order chi connectivity index (χ0) is 18.5. The number of nitrogens with zero attached hydrogens (tertiary/aromatic N) is 3. The summed E-state index contributed by atoms with van der Waals surface area (Å²) in [6, 6.07) is 5.33. The molecule has 2 heterocycles. The number of aryl methyl sites for hydroxylation is 2. The Morgan fingerprint density at radius 2 is 2.19 bits per heavy atom. The lowest BCUT2D eigenvalue weighted by Gasteiger charge is -2.19. The first-order valence-corrected chi connectivity index (χ1v) is 9.04. The summed E-state index contributed by atoms with van der Waals surface area (Å²) in [6.45, 7) is 6.07. The predicted octanol–water partition coefficient (Wildman–Crippen LogP) is 3.05. The van der Waals surface area contributed by atoms with Crippen molar-refractivity contribution in [2.75, 3.05) is 16.8 Å². The maximum absolute atomic E-state index is 12.2. The number of amides is 3. The molecule has 3 amide bonds. The van der Waals surface area contributed by atoms with Crippen molar-refractivity contribution in [2.24, 2.45) is 0 Å². The maximum atomic E-state index is 12.2. The fourth-order valence-corrected chi connectivity index (χ4v) is 3.23. The highest BCUT2D eigenvalue weighted by molar-refractivity contribution is 5.96. The summed E-state index contributed by atoms with van der Waals surface area (Å²) in [6.07, 6.45) is 6.18. The van der Waals surface area contributed by atoms with Crippen molar-refractivity contribution in [3.05, 3.63) is 42.0 Å². The fraction of sp³-hybridized carbons (Fsp3) is 0.421. The van der Waals surface area contributed by atoms with Gasteiger partial charge in [0.05, 0.1) is 6.54 Å². The summed E-state index contributed by atoms with van der Waals surface area (Å²) in [7, 11) is 0. The molecule has 0 atom stereocenters. The van der Waals surface area contributed by atoms with Gasteiger partial charge in [0.1, 0.15) is 5.82 Å². The molecular formula is C19H25N5O2. The van der Waals surface area contributed by atoms with Gasteiger partial charge < -0.3 is 20.1 Å². The van der Waals surface area contributed by atoms with Crippen LogP contribution in [0, 0.1) is 6.92 Å². The minimum Gasteiger partial charge on any atom is -0.333 e. The van der Waals surface area contributed by atoms with Gasteiger partial charge in [0.2, 0.25) is 5.91 Å². The molecule has 0 radical (unpaired) electrons. The Morgan fingerprint density at radius 1 is 1.35 bits per heavy atom. The molecule has 1 aromatic carbocycles. The lowest BCUT2D eigenvalue weighted by atomic mass is 10.1. The van der Waals surface area contributed by atoms with Gasteiger partial charge in [-0.3, -0.25) is 4.79 Å². The van der Waals surface area contributed by atoms with Crippen LogP contribution in [-0.2, 0) is 17.9 Å². The van der Waals surface area contributed by atoms with Crippen LogP contribution in [0.4, 0.5) is 16.2 Å². The van der Waals surface area contributed by atoms with Crippen LogP contribution >= 0.6 is 0 Å². The summed E-state index contributed by atoms with van der Waals surface area (Å²) >= 11 is 0. The van der Waals surface area contributed by atoms with E-state index in [2.05, 4.69) is 22.5 Å². The van der Waals surface area contributed by atoms with E-state index in [0.717, 1.165) is 43.0 Å². The van der Waals surface area contributed by atoms with Crippen LogP contribution < -0.4 is 15.5 Å². The first-order valence-electron chi connectivity index (χ1n) is 9.04. The van der Waals surface area contributed by atoms with Crippen LogP contribution in [0.1, 0.15) is 37.6 Å². The number of carbonyl (C=O) groups is 2. The van der Waals surface area contributed by atoms with Crippen molar-refractivity contribution < 1.29 is 9.59 Å². The Kier molecular flexibility index (Phi) is 5.55. The van der Waals surface area contributed by atoms with Crippen molar-refractivity contribution in [3.63, 3.8) is 0 Å². The third-order valence-electron chi connectivity index (χ3n) is 4.49. The first kappa shape index (κ1) is 18.0. The van der Waals surface area contributed by atoms with Crippen LogP contribution in [-0.4, -0.2) is 28.0 Å². The Morgan fingerprint density at radius 3 is 2.88 bits per heavy atom.